The average molecular weight is 174 g/mol. The van der Waals surface area contributed by atoms with Gasteiger partial charge in [-0.25, -0.2) is 4.68 Å². The highest BCUT2D eigenvalue weighted by Crippen LogP contribution is 2.15. The van der Waals surface area contributed by atoms with Crippen LogP contribution in [0.25, 0.3) is 0 Å². The molecule has 0 aliphatic rings. The molecule has 5 nitrogen and oxygen atoms in total. The number of hydrogen-bond donors (Lipinski definition) is 1. The minimum Gasteiger partial charge on any atom is -0.382 e. The largest absolute Gasteiger partial charge is 0.506 e. The second-order valence-electron chi connectivity index (χ2n) is 1.98. The smallest absolute Gasteiger partial charge is 0.382 e. The summed E-state index contributed by atoms with van der Waals surface area (Å²) >= 11 is 0. The molecule has 2 N–H and O–H groups in total. The van der Waals surface area contributed by atoms with E-state index in [0.717, 1.165) is 0 Å². The zero-order chi connectivity index (χ0) is 8.27. The van der Waals surface area contributed by atoms with Gasteiger partial charge in [-0.1, -0.05) is 0 Å². The second kappa shape index (κ2) is 3.46. The normalized spacial score (nSPS) is 11.5. The lowest BCUT2D eigenvalue weighted by atomic mass is 10.7. The first-order valence-electron chi connectivity index (χ1n) is 3.01. The lowest BCUT2D eigenvalue weighted by molar-refractivity contribution is 0.236. The summed E-state index contributed by atoms with van der Waals surface area (Å²) in [7, 11) is -1.57. The number of nitrogen functional groups attached to an aromatic ring is 1. The zero-order valence-corrected chi connectivity index (χ0v) is 6.99. The summed E-state index contributed by atoms with van der Waals surface area (Å²) in [5, 5.41) is 3.82. The Morgan fingerprint density at radius 1 is 1.91 bits per heavy atom. The van der Waals surface area contributed by atoms with Crippen LogP contribution in [0, 0.1) is 0 Å². The standard InChI is InChI=1S/C5H9N3O2P/c1-11(9)10-4-8-3-2-5(6)7-8/h2-3H,4H2,1H3,(H2,6,7)/q+1. The van der Waals surface area contributed by atoms with Gasteiger partial charge in [0, 0.05) is 12.3 Å². The van der Waals surface area contributed by atoms with Crippen molar-refractivity contribution in [1.29, 1.82) is 0 Å². The van der Waals surface area contributed by atoms with Crippen molar-refractivity contribution in [2.45, 2.75) is 6.73 Å². The summed E-state index contributed by atoms with van der Waals surface area (Å²) < 4.78 is 16.8. The van der Waals surface area contributed by atoms with Crippen LogP contribution in [0.2, 0.25) is 0 Å². The first-order valence-corrected chi connectivity index (χ1v) is 4.63. The third kappa shape index (κ3) is 2.65. The van der Waals surface area contributed by atoms with Crippen LogP contribution in [-0.4, -0.2) is 16.4 Å². The molecule has 0 spiro atoms. The van der Waals surface area contributed by atoms with Crippen LogP contribution in [0.5, 0.6) is 0 Å². The minimum atomic E-state index is -1.57. The molecule has 0 radical (unpaired) electrons. The van der Waals surface area contributed by atoms with Gasteiger partial charge in [0.2, 0.25) is 0 Å². The molecule has 1 atom stereocenters. The highest BCUT2D eigenvalue weighted by molar-refractivity contribution is 7.38. The summed E-state index contributed by atoms with van der Waals surface area (Å²) in [4.78, 5) is 0. The van der Waals surface area contributed by atoms with Gasteiger partial charge >= 0.3 is 8.03 Å². The number of hydrogen-bond acceptors (Lipinski definition) is 4. The first kappa shape index (κ1) is 8.17. The first-order chi connectivity index (χ1) is 5.18. The number of rotatable bonds is 3. The molecule has 0 amide bonds. The molecule has 6 heteroatoms. The maximum atomic E-state index is 10.5. The fourth-order valence-electron chi connectivity index (χ4n) is 0.590. The lowest BCUT2D eigenvalue weighted by Crippen LogP contribution is -1.99. The lowest BCUT2D eigenvalue weighted by Gasteiger charge is -1.91. The summed E-state index contributed by atoms with van der Waals surface area (Å²) in [5.74, 6) is 0.430. The van der Waals surface area contributed by atoms with Crippen LogP contribution in [0.3, 0.4) is 0 Å². The fourth-order valence-corrected chi connectivity index (χ4v) is 0.871. The predicted octanol–water partition coefficient (Wildman–Crippen LogP) is 0.812. The van der Waals surface area contributed by atoms with Gasteiger partial charge < -0.3 is 5.73 Å². The topological polar surface area (TPSA) is 70.1 Å². The maximum absolute atomic E-state index is 10.5. The molecule has 1 aromatic heterocycles. The number of nitrogens with two attached hydrogens (primary N) is 1. The quantitative estimate of drug-likeness (QED) is 0.688. The zero-order valence-electron chi connectivity index (χ0n) is 6.10. The second-order valence-corrected chi connectivity index (χ2v) is 3.12. The molecule has 11 heavy (non-hydrogen) atoms. The Morgan fingerprint density at radius 3 is 3.09 bits per heavy atom. The molecule has 1 unspecified atom stereocenters. The van der Waals surface area contributed by atoms with Crippen molar-refractivity contribution in [3.05, 3.63) is 12.3 Å². The van der Waals surface area contributed by atoms with E-state index in [1.54, 1.807) is 12.3 Å². The van der Waals surface area contributed by atoms with Crippen molar-refractivity contribution < 1.29 is 9.09 Å². The van der Waals surface area contributed by atoms with E-state index in [-0.39, 0.29) is 6.73 Å². The molecule has 1 aromatic rings. The van der Waals surface area contributed by atoms with Gasteiger partial charge in [0.05, 0.1) is 0 Å². The van der Waals surface area contributed by atoms with Crippen LogP contribution < -0.4 is 5.73 Å². The third-order valence-corrected chi connectivity index (χ3v) is 1.51. The van der Waals surface area contributed by atoms with E-state index in [1.807, 2.05) is 0 Å². The van der Waals surface area contributed by atoms with Crippen LogP contribution in [-0.2, 0) is 15.8 Å². The molecule has 1 rings (SSSR count). The monoisotopic (exact) mass is 174 g/mol. The van der Waals surface area contributed by atoms with Crippen LogP contribution in [0.4, 0.5) is 5.82 Å². The van der Waals surface area contributed by atoms with Gasteiger partial charge in [0.25, 0.3) is 0 Å². The van der Waals surface area contributed by atoms with Crippen LogP contribution >= 0.6 is 8.03 Å². The molecule has 60 valence electrons. The van der Waals surface area contributed by atoms with Crippen molar-refractivity contribution in [2.24, 2.45) is 0 Å². The summed E-state index contributed by atoms with van der Waals surface area (Å²) in [6.45, 7) is 1.67. The summed E-state index contributed by atoms with van der Waals surface area (Å²) in [5.41, 5.74) is 5.32. The van der Waals surface area contributed by atoms with Crippen LogP contribution in [0.15, 0.2) is 12.3 Å². The Hall–Kier alpha value is -0.930. The van der Waals surface area contributed by atoms with Gasteiger partial charge in [-0.05, 0) is 4.57 Å². The van der Waals surface area contributed by atoms with Crippen molar-refractivity contribution in [3.8, 4) is 0 Å². The van der Waals surface area contributed by atoms with E-state index >= 15 is 0 Å². The third-order valence-electron chi connectivity index (χ3n) is 1.03. The van der Waals surface area contributed by atoms with Crippen molar-refractivity contribution in [1.82, 2.24) is 9.78 Å². The molecule has 0 saturated heterocycles. The number of aromatic nitrogens is 2. The molecule has 1 heterocycles. The van der Waals surface area contributed by atoms with Gasteiger partial charge in [0.15, 0.2) is 13.4 Å². The van der Waals surface area contributed by atoms with E-state index in [1.165, 1.54) is 11.3 Å². The van der Waals surface area contributed by atoms with Gasteiger partial charge in [0.1, 0.15) is 5.82 Å². The number of anilines is 1. The van der Waals surface area contributed by atoms with E-state index in [4.69, 9.17) is 10.3 Å². The van der Waals surface area contributed by atoms with E-state index in [2.05, 4.69) is 5.10 Å². The Bertz CT molecular complexity index is 260. The minimum absolute atomic E-state index is 0.183. The molecule has 0 aliphatic heterocycles. The highest BCUT2D eigenvalue weighted by atomic mass is 31.1. The van der Waals surface area contributed by atoms with Crippen molar-refractivity contribution >= 4 is 13.8 Å². The molecular weight excluding hydrogens is 165 g/mol. The summed E-state index contributed by atoms with van der Waals surface area (Å²) in [6.07, 6.45) is 1.66. The van der Waals surface area contributed by atoms with Gasteiger partial charge in [-0.3, -0.25) is 0 Å². The predicted molar refractivity (Wildman–Crippen MR) is 41.3 cm³/mol. The van der Waals surface area contributed by atoms with Crippen LogP contribution in [0.1, 0.15) is 0 Å². The molecule has 0 bridgehead atoms. The van der Waals surface area contributed by atoms with Crippen molar-refractivity contribution in [3.63, 3.8) is 0 Å². The highest BCUT2D eigenvalue weighted by Gasteiger charge is 2.06. The molecule has 0 aromatic carbocycles. The Kier molecular flexibility index (Phi) is 2.57. The molecule has 0 aliphatic carbocycles. The van der Waals surface area contributed by atoms with Crippen molar-refractivity contribution in [2.75, 3.05) is 12.4 Å². The molecular formula is C5H9N3O2P+. The average Bonchev–Trinajstić information content (AvgIpc) is 2.31. The Labute approximate surface area is 65.0 Å². The Morgan fingerprint density at radius 2 is 2.64 bits per heavy atom. The molecule has 0 fully saturated rings. The SMILES string of the molecule is C[P+](=O)OCn1ccc(N)n1. The van der Waals surface area contributed by atoms with Gasteiger partial charge in [-0.2, -0.15) is 5.10 Å². The number of nitrogens with zero attached hydrogens (tertiary/aromatic N) is 2. The molecule has 0 saturated carbocycles. The summed E-state index contributed by atoms with van der Waals surface area (Å²) in [6, 6.07) is 1.64. The van der Waals surface area contributed by atoms with E-state index in [0.29, 0.717) is 5.82 Å². The van der Waals surface area contributed by atoms with E-state index < -0.39 is 8.03 Å². The Balaban J connectivity index is 2.45. The maximum Gasteiger partial charge on any atom is 0.506 e. The van der Waals surface area contributed by atoms with Gasteiger partial charge in [-0.15, -0.1) is 4.52 Å². The van der Waals surface area contributed by atoms with E-state index in [9.17, 15) is 4.57 Å². The fraction of sp³-hybridized carbons (Fsp3) is 0.400.